The zero-order valence-corrected chi connectivity index (χ0v) is 12.5. The van der Waals surface area contributed by atoms with E-state index < -0.39 is 0 Å². The molecule has 114 valence electrons. The van der Waals surface area contributed by atoms with Gasteiger partial charge in [0.15, 0.2) is 0 Å². The van der Waals surface area contributed by atoms with Crippen LogP contribution in [0.25, 0.3) is 0 Å². The summed E-state index contributed by atoms with van der Waals surface area (Å²) < 4.78 is 0. The van der Waals surface area contributed by atoms with Crippen LogP contribution in [0.3, 0.4) is 0 Å². The summed E-state index contributed by atoms with van der Waals surface area (Å²) in [6, 6.07) is 9.00. The molecule has 6 nitrogen and oxygen atoms in total. The minimum Gasteiger partial charge on any atom is -0.399 e. The molecule has 1 aromatic carbocycles. The van der Waals surface area contributed by atoms with Gasteiger partial charge in [-0.25, -0.2) is 9.97 Å². The van der Waals surface area contributed by atoms with Gasteiger partial charge in [-0.3, -0.25) is 4.79 Å². The van der Waals surface area contributed by atoms with Gasteiger partial charge in [-0.2, -0.15) is 0 Å². The topological polar surface area (TPSA) is 75.4 Å². The van der Waals surface area contributed by atoms with Crippen molar-refractivity contribution >= 4 is 17.5 Å². The van der Waals surface area contributed by atoms with E-state index in [1.165, 1.54) is 0 Å². The van der Waals surface area contributed by atoms with E-state index in [0.717, 1.165) is 13.1 Å². The summed E-state index contributed by atoms with van der Waals surface area (Å²) in [5.74, 6) is 0.735. The number of anilines is 2. The summed E-state index contributed by atoms with van der Waals surface area (Å²) in [4.78, 5) is 25.2. The Morgan fingerprint density at radius 2 is 2.00 bits per heavy atom. The van der Waals surface area contributed by atoms with Crippen LogP contribution >= 0.6 is 0 Å². The normalized spacial score (nSPS) is 18.3. The van der Waals surface area contributed by atoms with E-state index in [2.05, 4.69) is 14.9 Å². The first kappa shape index (κ1) is 14.3. The molecule has 1 unspecified atom stereocenters. The van der Waals surface area contributed by atoms with Gasteiger partial charge in [0.25, 0.3) is 5.91 Å². The predicted molar refractivity (Wildman–Crippen MR) is 85.6 cm³/mol. The second kappa shape index (κ2) is 6.01. The molecule has 3 rings (SSSR count). The van der Waals surface area contributed by atoms with Gasteiger partial charge >= 0.3 is 0 Å². The average Bonchev–Trinajstić information content (AvgIpc) is 2.55. The SMILES string of the molecule is CC1CN(c2ncccn2)CCN1C(=O)c1cccc(N)c1. The molecule has 2 aromatic rings. The van der Waals surface area contributed by atoms with Gasteiger partial charge in [0, 0.05) is 49.3 Å². The van der Waals surface area contributed by atoms with E-state index in [9.17, 15) is 4.79 Å². The second-order valence-electron chi connectivity index (χ2n) is 5.47. The zero-order valence-electron chi connectivity index (χ0n) is 12.5. The number of piperazine rings is 1. The molecular formula is C16H19N5O. The Hall–Kier alpha value is -2.63. The molecule has 1 aliphatic rings. The number of nitrogen functional groups attached to an aromatic ring is 1. The highest BCUT2D eigenvalue weighted by Crippen LogP contribution is 2.18. The van der Waals surface area contributed by atoms with Crippen molar-refractivity contribution in [3.63, 3.8) is 0 Å². The number of rotatable bonds is 2. The molecule has 1 fully saturated rings. The lowest BCUT2D eigenvalue weighted by molar-refractivity contribution is 0.0673. The molecule has 2 N–H and O–H groups in total. The van der Waals surface area contributed by atoms with Crippen molar-refractivity contribution in [1.29, 1.82) is 0 Å². The van der Waals surface area contributed by atoms with Crippen LogP contribution in [0.5, 0.6) is 0 Å². The van der Waals surface area contributed by atoms with Gasteiger partial charge in [-0.1, -0.05) is 6.07 Å². The molecule has 0 saturated carbocycles. The fourth-order valence-electron chi connectivity index (χ4n) is 2.73. The number of nitrogens with two attached hydrogens (primary N) is 1. The van der Waals surface area contributed by atoms with E-state index >= 15 is 0 Å². The standard InChI is InChI=1S/C16H19N5O/c1-12-11-20(16-18-6-3-7-19-16)8-9-21(12)15(22)13-4-2-5-14(17)10-13/h2-7,10,12H,8-9,11,17H2,1H3. The third kappa shape index (κ3) is 2.86. The molecule has 1 aliphatic heterocycles. The second-order valence-corrected chi connectivity index (χ2v) is 5.47. The quantitative estimate of drug-likeness (QED) is 0.848. The third-order valence-electron chi connectivity index (χ3n) is 3.86. The highest BCUT2D eigenvalue weighted by atomic mass is 16.2. The van der Waals surface area contributed by atoms with Crippen LogP contribution < -0.4 is 10.6 Å². The lowest BCUT2D eigenvalue weighted by atomic mass is 10.1. The maximum atomic E-state index is 12.6. The van der Waals surface area contributed by atoms with Crippen molar-refractivity contribution in [2.75, 3.05) is 30.3 Å². The Morgan fingerprint density at radius 3 is 2.68 bits per heavy atom. The Morgan fingerprint density at radius 1 is 1.23 bits per heavy atom. The Bertz CT molecular complexity index is 661. The van der Waals surface area contributed by atoms with Gasteiger partial charge < -0.3 is 15.5 Å². The summed E-state index contributed by atoms with van der Waals surface area (Å²) in [6.45, 7) is 4.13. The number of hydrogen-bond donors (Lipinski definition) is 1. The molecule has 1 amide bonds. The fourth-order valence-corrected chi connectivity index (χ4v) is 2.73. The highest BCUT2D eigenvalue weighted by molar-refractivity contribution is 5.95. The lowest BCUT2D eigenvalue weighted by Crippen LogP contribution is -2.54. The molecule has 1 atom stereocenters. The molecule has 0 spiro atoms. The minimum absolute atomic E-state index is 0.0217. The number of carbonyl (C=O) groups excluding carboxylic acids is 1. The molecular weight excluding hydrogens is 278 g/mol. The fraction of sp³-hybridized carbons (Fsp3) is 0.312. The molecule has 0 radical (unpaired) electrons. The minimum atomic E-state index is 0.0217. The summed E-state index contributed by atoms with van der Waals surface area (Å²) >= 11 is 0. The van der Waals surface area contributed by atoms with Crippen LogP contribution in [0.4, 0.5) is 11.6 Å². The molecule has 0 aliphatic carbocycles. The van der Waals surface area contributed by atoms with Crippen LogP contribution in [-0.2, 0) is 0 Å². The maximum absolute atomic E-state index is 12.6. The Kier molecular flexibility index (Phi) is 3.91. The van der Waals surface area contributed by atoms with Crippen molar-refractivity contribution in [2.24, 2.45) is 0 Å². The van der Waals surface area contributed by atoms with Gasteiger partial charge in [-0.15, -0.1) is 0 Å². The van der Waals surface area contributed by atoms with Crippen LogP contribution in [0.15, 0.2) is 42.7 Å². The number of amides is 1. The number of aromatic nitrogens is 2. The van der Waals surface area contributed by atoms with E-state index in [4.69, 9.17) is 5.73 Å². The molecule has 6 heteroatoms. The van der Waals surface area contributed by atoms with Gasteiger partial charge in [0.1, 0.15) is 0 Å². The summed E-state index contributed by atoms with van der Waals surface area (Å²) in [5.41, 5.74) is 7.00. The summed E-state index contributed by atoms with van der Waals surface area (Å²) in [5, 5.41) is 0. The molecule has 2 heterocycles. The Balaban J connectivity index is 1.72. The van der Waals surface area contributed by atoms with Gasteiger partial charge in [0.2, 0.25) is 5.95 Å². The van der Waals surface area contributed by atoms with Crippen molar-refractivity contribution in [3.05, 3.63) is 48.3 Å². The first-order chi connectivity index (χ1) is 10.6. The zero-order chi connectivity index (χ0) is 15.5. The first-order valence-corrected chi connectivity index (χ1v) is 7.33. The van der Waals surface area contributed by atoms with Crippen molar-refractivity contribution in [2.45, 2.75) is 13.0 Å². The van der Waals surface area contributed by atoms with Gasteiger partial charge in [0.05, 0.1) is 0 Å². The van der Waals surface area contributed by atoms with Crippen molar-refractivity contribution < 1.29 is 4.79 Å². The summed E-state index contributed by atoms with van der Waals surface area (Å²) in [7, 11) is 0. The largest absolute Gasteiger partial charge is 0.399 e. The molecule has 1 saturated heterocycles. The van der Waals surface area contributed by atoms with Crippen LogP contribution in [0, 0.1) is 0 Å². The summed E-state index contributed by atoms with van der Waals surface area (Å²) in [6.07, 6.45) is 3.47. The monoisotopic (exact) mass is 297 g/mol. The highest BCUT2D eigenvalue weighted by Gasteiger charge is 2.29. The molecule has 0 bridgehead atoms. The molecule has 22 heavy (non-hydrogen) atoms. The van der Waals surface area contributed by atoms with E-state index in [1.807, 2.05) is 11.8 Å². The number of nitrogens with zero attached hydrogens (tertiary/aromatic N) is 4. The molecule has 1 aromatic heterocycles. The average molecular weight is 297 g/mol. The number of hydrogen-bond acceptors (Lipinski definition) is 5. The van der Waals surface area contributed by atoms with Crippen LogP contribution in [0.2, 0.25) is 0 Å². The first-order valence-electron chi connectivity index (χ1n) is 7.33. The third-order valence-corrected chi connectivity index (χ3v) is 3.86. The predicted octanol–water partition coefficient (Wildman–Crippen LogP) is 1.41. The van der Waals surface area contributed by atoms with Gasteiger partial charge in [-0.05, 0) is 31.2 Å². The number of benzene rings is 1. The van der Waals surface area contributed by atoms with E-state index in [1.54, 1.807) is 42.7 Å². The smallest absolute Gasteiger partial charge is 0.254 e. The van der Waals surface area contributed by atoms with Crippen molar-refractivity contribution in [3.8, 4) is 0 Å². The van der Waals surface area contributed by atoms with Crippen LogP contribution in [0.1, 0.15) is 17.3 Å². The van der Waals surface area contributed by atoms with E-state index in [-0.39, 0.29) is 11.9 Å². The van der Waals surface area contributed by atoms with E-state index in [0.29, 0.717) is 23.7 Å². The maximum Gasteiger partial charge on any atom is 0.254 e. The number of carbonyl (C=O) groups is 1. The Labute approximate surface area is 129 Å². The van der Waals surface area contributed by atoms with Crippen molar-refractivity contribution in [1.82, 2.24) is 14.9 Å². The lowest BCUT2D eigenvalue weighted by Gasteiger charge is -2.39. The van der Waals surface area contributed by atoms with Crippen LogP contribution in [-0.4, -0.2) is 46.5 Å².